The number of para-hydroxylation sites is 1. The van der Waals surface area contributed by atoms with Gasteiger partial charge in [-0.1, -0.05) is 58.0 Å². The van der Waals surface area contributed by atoms with Gasteiger partial charge in [0.25, 0.3) is 0 Å². The van der Waals surface area contributed by atoms with E-state index >= 15 is 0 Å². The van der Waals surface area contributed by atoms with Gasteiger partial charge in [-0.3, -0.25) is 14.2 Å². The van der Waals surface area contributed by atoms with Crippen molar-refractivity contribution in [2.24, 2.45) is 0 Å². The van der Waals surface area contributed by atoms with E-state index in [1.807, 2.05) is 59.2 Å². The molecule has 0 N–H and O–H groups in total. The first-order chi connectivity index (χ1) is 13.4. The van der Waals surface area contributed by atoms with Crippen LogP contribution in [-0.2, 0) is 9.59 Å². The Kier molecular flexibility index (Phi) is 6.31. The number of Topliss-reactive ketones (excluding diaryl/α,β-unsaturated/α-hetero) is 1. The first-order valence-corrected chi connectivity index (χ1v) is 10.2. The highest BCUT2D eigenvalue weighted by Crippen LogP contribution is 2.31. The van der Waals surface area contributed by atoms with E-state index in [0.29, 0.717) is 11.0 Å². The van der Waals surface area contributed by atoms with Crippen molar-refractivity contribution in [1.82, 2.24) is 19.7 Å². The number of hydrogen-bond donors (Lipinski definition) is 0. The van der Waals surface area contributed by atoms with Crippen molar-refractivity contribution in [2.45, 2.75) is 17.3 Å². The van der Waals surface area contributed by atoms with Gasteiger partial charge in [0.05, 0.1) is 0 Å². The molecule has 1 heterocycles. The quantitative estimate of drug-likeness (QED) is 0.414. The highest BCUT2D eigenvalue weighted by atomic mass is 79.9. The number of rotatable bonds is 6. The Hall–Kier alpha value is -2.45. The van der Waals surface area contributed by atoms with Crippen LogP contribution in [0.5, 0.6) is 0 Å². The summed E-state index contributed by atoms with van der Waals surface area (Å²) in [5.41, 5.74) is 1.72. The molecule has 6 nitrogen and oxygen atoms in total. The maximum Gasteiger partial charge on any atom is 0.243 e. The number of hydrogen-bond acceptors (Lipinski definition) is 5. The van der Waals surface area contributed by atoms with E-state index in [9.17, 15) is 9.59 Å². The maximum absolute atomic E-state index is 12.5. The third-order valence-electron chi connectivity index (χ3n) is 3.99. The molecule has 0 saturated heterocycles. The first-order valence-electron chi connectivity index (χ1n) is 8.53. The largest absolute Gasteiger partial charge is 0.347 e. The molecule has 0 radical (unpaired) electrons. The van der Waals surface area contributed by atoms with Gasteiger partial charge in [0.1, 0.15) is 5.25 Å². The fourth-order valence-electron chi connectivity index (χ4n) is 2.62. The molecule has 0 aliphatic carbocycles. The number of halogens is 1. The second-order valence-corrected chi connectivity index (χ2v) is 8.32. The molecule has 1 amide bonds. The topological polar surface area (TPSA) is 68.1 Å². The summed E-state index contributed by atoms with van der Waals surface area (Å²) in [6, 6.07) is 17.4. The Morgan fingerprint density at radius 3 is 2.39 bits per heavy atom. The summed E-state index contributed by atoms with van der Waals surface area (Å²) >= 11 is 4.60. The van der Waals surface area contributed by atoms with Crippen LogP contribution in [-0.4, -0.2) is 50.7 Å². The summed E-state index contributed by atoms with van der Waals surface area (Å²) in [4.78, 5) is 26.0. The third-order valence-corrected chi connectivity index (χ3v) is 5.73. The Morgan fingerprint density at radius 1 is 1.07 bits per heavy atom. The van der Waals surface area contributed by atoms with Gasteiger partial charge in [0.15, 0.2) is 16.8 Å². The minimum atomic E-state index is -0.878. The molecule has 28 heavy (non-hydrogen) atoms. The number of benzene rings is 2. The Labute approximate surface area is 176 Å². The van der Waals surface area contributed by atoms with Crippen LogP contribution >= 0.6 is 27.7 Å². The van der Waals surface area contributed by atoms with Crippen LogP contribution in [0.2, 0.25) is 0 Å². The molecule has 1 aromatic heterocycles. The number of amides is 1. The van der Waals surface area contributed by atoms with E-state index in [1.54, 1.807) is 14.1 Å². The van der Waals surface area contributed by atoms with Gasteiger partial charge in [-0.25, -0.2) is 0 Å². The molecular weight excluding hydrogens is 440 g/mol. The molecule has 3 rings (SSSR count). The van der Waals surface area contributed by atoms with Crippen molar-refractivity contribution in [3.05, 3.63) is 59.1 Å². The second kappa shape index (κ2) is 8.70. The van der Waals surface area contributed by atoms with Crippen LogP contribution in [0.3, 0.4) is 0 Å². The van der Waals surface area contributed by atoms with Crippen molar-refractivity contribution in [3.8, 4) is 17.1 Å². The van der Waals surface area contributed by atoms with Gasteiger partial charge >= 0.3 is 0 Å². The Morgan fingerprint density at radius 2 is 1.79 bits per heavy atom. The second-order valence-electron chi connectivity index (χ2n) is 6.33. The predicted octanol–water partition coefficient (Wildman–Crippen LogP) is 3.83. The SMILES string of the molecule is CC(=O)[C@@H](Sc1nnc(-c2cccc(Br)c2)n1-c1ccccc1)C(=O)N(C)C. The fraction of sp³-hybridized carbons (Fsp3) is 0.200. The summed E-state index contributed by atoms with van der Waals surface area (Å²) in [5, 5.41) is 8.26. The predicted molar refractivity (Wildman–Crippen MR) is 114 cm³/mol. The summed E-state index contributed by atoms with van der Waals surface area (Å²) in [7, 11) is 3.27. The zero-order valence-corrected chi connectivity index (χ0v) is 18.1. The molecule has 1 atom stereocenters. The smallest absolute Gasteiger partial charge is 0.243 e. The van der Waals surface area contributed by atoms with Crippen LogP contribution in [0.25, 0.3) is 17.1 Å². The summed E-state index contributed by atoms with van der Waals surface area (Å²) in [5.74, 6) is 0.133. The molecule has 3 aromatic rings. The molecule has 0 unspecified atom stereocenters. The highest BCUT2D eigenvalue weighted by Gasteiger charge is 2.29. The summed E-state index contributed by atoms with van der Waals surface area (Å²) in [6.45, 7) is 1.41. The summed E-state index contributed by atoms with van der Waals surface area (Å²) < 4.78 is 2.79. The van der Waals surface area contributed by atoms with E-state index in [1.165, 1.54) is 11.8 Å². The van der Waals surface area contributed by atoms with Crippen LogP contribution in [0.4, 0.5) is 0 Å². The number of aromatic nitrogens is 3. The van der Waals surface area contributed by atoms with Crippen molar-refractivity contribution in [3.63, 3.8) is 0 Å². The molecular formula is C20H19BrN4O2S. The average Bonchev–Trinajstić information content (AvgIpc) is 3.09. The van der Waals surface area contributed by atoms with Gasteiger partial charge in [0.2, 0.25) is 5.91 Å². The molecule has 0 aliphatic rings. The van der Waals surface area contributed by atoms with Gasteiger partial charge < -0.3 is 4.90 Å². The van der Waals surface area contributed by atoms with Gasteiger partial charge in [-0.05, 0) is 31.2 Å². The minimum Gasteiger partial charge on any atom is -0.347 e. The number of carbonyl (C=O) groups is 2. The lowest BCUT2D eigenvalue weighted by Gasteiger charge is -2.18. The number of nitrogens with zero attached hydrogens (tertiary/aromatic N) is 4. The molecule has 0 spiro atoms. The van der Waals surface area contributed by atoms with Crippen molar-refractivity contribution in [2.75, 3.05) is 14.1 Å². The zero-order chi connectivity index (χ0) is 20.3. The number of thioether (sulfide) groups is 1. The van der Waals surface area contributed by atoms with E-state index in [0.717, 1.165) is 27.5 Å². The lowest BCUT2D eigenvalue weighted by molar-refractivity contribution is -0.132. The normalized spacial score (nSPS) is 11.9. The molecule has 2 aromatic carbocycles. The molecule has 0 fully saturated rings. The number of carbonyl (C=O) groups excluding carboxylic acids is 2. The Balaban J connectivity index is 2.12. The summed E-state index contributed by atoms with van der Waals surface area (Å²) in [6.07, 6.45) is 0. The molecule has 144 valence electrons. The van der Waals surface area contributed by atoms with Crippen LogP contribution in [0.15, 0.2) is 64.2 Å². The van der Waals surface area contributed by atoms with Gasteiger partial charge in [-0.15, -0.1) is 10.2 Å². The van der Waals surface area contributed by atoms with Crippen LogP contribution < -0.4 is 0 Å². The molecule has 0 bridgehead atoms. The van der Waals surface area contributed by atoms with Crippen molar-refractivity contribution in [1.29, 1.82) is 0 Å². The standard InChI is InChI=1S/C20H19BrN4O2S/c1-13(26)17(19(27)24(2)3)28-20-23-22-18(14-8-7-9-15(21)12-14)25(20)16-10-5-4-6-11-16/h4-12,17H,1-3H3/t17-/m1/s1. The third kappa shape index (κ3) is 4.34. The van der Waals surface area contributed by atoms with Crippen LogP contribution in [0, 0.1) is 0 Å². The molecule has 0 saturated carbocycles. The van der Waals surface area contributed by atoms with Crippen LogP contribution in [0.1, 0.15) is 6.92 Å². The zero-order valence-electron chi connectivity index (χ0n) is 15.7. The lowest BCUT2D eigenvalue weighted by atomic mass is 10.2. The van der Waals surface area contributed by atoms with E-state index in [4.69, 9.17) is 0 Å². The fourth-order valence-corrected chi connectivity index (χ4v) is 4.09. The monoisotopic (exact) mass is 458 g/mol. The lowest BCUT2D eigenvalue weighted by Crippen LogP contribution is -2.36. The van der Waals surface area contributed by atoms with Gasteiger partial charge in [-0.2, -0.15) is 0 Å². The number of ketones is 1. The van der Waals surface area contributed by atoms with E-state index in [-0.39, 0.29) is 11.7 Å². The Bertz CT molecular complexity index is 1000. The first kappa shape index (κ1) is 20.3. The van der Waals surface area contributed by atoms with E-state index in [2.05, 4.69) is 26.1 Å². The maximum atomic E-state index is 12.5. The molecule has 0 aliphatic heterocycles. The van der Waals surface area contributed by atoms with Gasteiger partial charge in [0, 0.05) is 29.8 Å². The minimum absolute atomic E-state index is 0.227. The highest BCUT2D eigenvalue weighted by molar-refractivity contribution is 9.10. The van der Waals surface area contributed by atoms with Crippen molar-refractivity contribution >= 4 is 39.4 Å². The van der Waals surface area contributed by atoms with Crippen molar-refractivity contribution < 1.29 is 9.59 Å². The average molecular weight is 459 g/mol. The van der Waals surface area contributed by atoms with E-state index < -0.39 is 5.25 Å². The molecule has 8 heteroatoms.